The van der Waals surface area contributed by atoms with Crippen LogP contribution in [0.25, 0.3) is 0 Å². The quantitative estimate of drug-likeness (QED) is 0.610. The van der Waals surface area contributed by atoms with Crippen LogP contribution in [0.5, 0.6) is 11.5 Å². The smallest absolute Gasteiger partial charge is 0.252 e. The predicted octanol–water partition coefficient (Wildman–Crippen LogP) is 2.22. The summed E-state index contributed by atoms with van der Waals surface area (Å²) in [5, 5.41) is 32.5. The lowest BCUT2D eigenvalue weighted by atomic mass is 9.66. The van der Waals surface area contributed by atoms with Crippen molar-refractivity contribution in [3.05, 3.63) is 23.8 Å². The fourth-order valence-corrected chi connectivity index (χ4v) is 3.80. The fourth-order valence-electron chi connectivity index (χ4n) is 3.80. The van der Waals surface area contributed by atoms with Gasteiger partial charge in [0.1, 0.15) is 17.1 Å². The lowest BCUT2D eigenvalue weighted by molar-refractivity contribution is -0.155. The third kappa shape index (κ3) is 4.12. The van der Waals surface area contributed by atoms with E-state index in [-0.39, 0.29) is 41.4 Å². The van der Waals surface area contributed by atoms with E-state index >= 15 is 0 Å². The summed E-state index contributed by atoms with van der Waals surface area (Å²) in [6.07, 6.45) is 2.12. The first-order chi connectivity index (χ1) is 11.6. The van der Waals surface area contributed by atoms with Crippen LogP contribution in [0.4, 0.5) is 0 Å². The Morgan fingerprint density at radius 2 is 1.96 bits per heavy atom. The molecule has 1 aliphatic rings. The number of aromatic hydroxyl groups is 2. The number of carbonyl (C=O) groups excluding carboxylic acids is 2. The molecule has 0 heterocycles. The zero-order valence-corrected chi connectivity index (χ0v) is 15.0. The molecule has 0 spiro atoms. The van der Waals surface area contributed by atoms with Crippen molar-refractivity contribution in [1.82, 2.24) is 5.32 Å². The molecule has 1 amide bonds. The molecule has 4 N–H and O–H groups in total. The predicted molar refractivity (Wildman–Crippen MR) is 93.4 cm³/mol. The number of Topliss-reactive ketones (excluding diaryl/α,β-unsaturated/α-hetero) is 1. The fraction of sp³-hybridized carbons (Fsp3) is 0.579. The molecule has 6 nitrogen and oxygen atoms in total. The standard InChI is InChI=1S/C19H27NO5/c1-11(2)15-7-4-12(3)9-19(15,25)18(24)20-10-17(23)14-6-5-13(21)8-16(14)22/h5-6,8,11-12,15,21-22,25H,4,7,9-10H2,1-3H3,(H,20,24). The van der Waals surface area contributed by atoms with Crippen LogP contribution in [-0.4, -0.2) is 39.2 Å². The minimum atomic E-state index is -1.48. The average Bonchev–Trinajstić information content (AvgIpc) is 2.51. The molecule has 0 radical (unpaired) electrons. The second-order valence-corrected chi connectivity index (χ2v) is 7.47. The highest BCUT2D eigenvalue weighted by Gasteiger charge is 2.48. The Kier molecular flexibility index (Phi) is 5.72. The molecule has 1 saturated carbocycles. The van der Waals surface area contributed by atoms with E-state index in [9.17, 15) is 24.9 Å². The molecule has 1 fully saturated rings. The SMILES string of the molecule is CC1CCC(C(C)C)C(O)(C(=O)NCC(=O)c2ccc(O)cc2O)C1. The summed E-state index contributed by atoms with van der Waals surface area (Å²) in [6.45, 7) is 5.66. The van der Waals surface area contributed by atoms with Gasteiger partial charge in [0, 0.05) is 6.07 Å². The van der Waals surface area contributed by atoms with E-state index in [0.29, 0.717) is 6.42 Å². The third-order valence-electron chi connectivity index (χ3n) is 5.13. The van der Waals surface area contributed by atoms with Gasteiger partial charge in [0.2, 0.25) is 0 Å². The van der Waals surface area contributed by atoms with Gasteiger partial charge in [-0.15, -0.1) is 0 Å². The van der Waals surface area contributed by atoms with Crippen molar-refractivity contribution in [2.24, 2.45) is 17.8 Å². The van der Waals surface area contributed by atoms with Crippen LogP contribution >= 0.6 is 0 Å². The monoisotopic (exact) mass is 349 g/mol. The minimum Gasteiger partial charge on any atom is -0.508 e. The van der Waals surface area contributed by atoms with Gasteiger partial charge in [-0.1, -0.05) is 27.2 Å². The first kappa shape index (κ1) is 19.2. The number of phenols is 2. The van der Waals surface area contributed by atoms with Crippen LogP contribution in [0, 0.1) is 17.8 Å². The van der Waals surface area contributed by atoms with Crippen LogP contribution in [0.15, 0.2) is 18.2 Å². The van der Waals surface area contributed by atoms with E-state index in [0.717, 1.165) is 18.9 Å². The highest BCUT2D eigenvalue weighted by molar-refractivity contribution is 6.02. The van der Waals surface area contributed by atoms with Gasteiger partial charge in [-0.05, 0) is 42.7 Å². The summed E-state index contributed by atoms with van der Waals surface area (Å²) < 4.78 is 0. The van der Waals surface area contributed by atoms with E-state index in [1.807, 2.05) is 20.8 Å². The number of amides is 1. The lowest BCUT2D eigenvalue weighted by Gasteiger charge is -2.43. The van der Waals surface area contributed by atoms with Gasteiger partial charge < -0.3 is 20.6 Å². The van der Waals surface area contributed by atoms with Crippen LogP contribution in [0.1, 0.15) is 50.4 Å². The summed E-state index contributed by atoms with van der Waals surface area (Å²) in [5.74, 6) is -1.28. The van der Waals surface area contributed by atoms with E-state index in [2.05, 4.69) is 5.32 Å². The molecule has 2 rings (SSSR count). The number of nitrogens with one attached hydrogen (secondary N) is 1. The highest BCUT2D eigenvalue weighted by atomic mass is 16.3. The molecule has 0 bridgehead atoms. The van der Waals surface area contributed by atoms with E-state index in [1.54, 1.807) is 0 Å². The third-order valence-corrected chi connectivity index (χ3v) is 5.13. The largest absolute Gasteiger partial charge is 0.508 e. The van der Waals surface area contributed by atoms with Crippen LogP contribution in [0.2, 0.25) is 0 Å². The first-order valence-corrected chi connectivity index (χ1v) is 8.71. The van der Waals surface area contributed by atoms with Crippen LogP contribution in [0.3, 0.4) is 0 Å². The number of rotatable bonds is 5. The zero-order valence-electron chi connectivity index (χ0n) is 15.0. The maximum absolute atomic E-state index is 12.6. The normalized spacial score (nSPS) is 26.4. The second-order valence-electron chi connectivity index (χ2n) is 7.47. The van der Waals surface area contributed by atoms with Gasteiger partial charge in [-0.3, -0.25) is 9.59 Å². The molecule has 0 aliphatic heterocycles. The number of phenolic OH excluding ortho intramolecular Hbond substituents is 2. The Morgan fingerprint density at radius 3 is 2.56 bits per heavy atom. The van der Waals surface area contributed by atoms with E-state index in [1.165, 1.54) is 12.1 Å². The maximum Gasteiger partial charge on any atom is 0.252 e. The van der Waals surface area contributed by atoms with Crippen molar-refractivity contribution in [1.29, 1.82) is 0 Å². The zero-order chi connectivity index (χ0) is 18.8. The Labute approximate surface area is 147 Å². The summed E-state index contributed by atoms with van der Waals surface area (Å²) in [4.78, 5) is 24.8. The molecule has 25 heavy (non-hydrogen) atoms. The van der Waals surface area contributed by atoms with Crippen molar-refractivity contribution in [3.63, 3.8) is 0 Å². The number of hydrogen-bond acceptors (Lipinski definition) is 5. The van der Waals surface area contributed by atoms with Crippen molar-refractivity contribution in [3.8, 4) is 11.5 Å². The second kappa shape index (κ2) is 7.44. The van der Waals surface area contributed by atoms with Gasteiger partial charge in [-0.25, -0.2) is 0 Å². The van der Waals surface area contributed by atoms with Crippen molar-refractivity contribution >= 4 is 11.7 Å². The van der Waals surface area contributed by atoms with Gasteiger partial charge in [-0.2, -0.15) is 0 Å². The van der Waals surface area contributed by atoms with Crippen molar-refractivity contribution in [2.45, 2.75) is 45.6 Å². The topological polar surface area (TPSA) is 107 Å². The van der Waals surface area contributed by atoms with Crippen LogP contribution in [-0.2, 0) is 4.79 Å². The molecule has 3 atom stereocenters. The van der Waals surface area contributed by atoms with Gasteiger partial charge in [0.15, 0.2) is 5.78 Å². The number of benzene rings is 1. The summed E-state index contributed by atoms with van der Waals surface area (Å²) in [5.41, 5.74) is -1.47. The van der Waals surface area contributed by atoms with E-state index < -0.39 is 17.3 Å². The molecule has 0 aromatic heterocycles. The molecule has 1 aliphatic carbocycles. The lowest BCUT2D eigenvalue weighted by Crippen LogP contribution is -2.56. The van der Waals surface area contributed by atoms with Gasteiger partial charge >= 0.3 is 0 Å². The number of hydrogen-bond donors (Lipinski definition) is 4. The Hall–Kier alpha value is -2.08. The summed E-state index contributed by atoms with van der Waals surface area (Å²) in [6, 6.07) is 3.66. The molecule has 3 unspecified atom stereocenters. The van der Waals surface area contributed by atoms with E-state index in [4.69, 9.17) is 0 Å². The molecular weight excluding hydrogens is 322 g/mol. The number of aliphatic hydroxyl groups is 1. The average molecular weight is 349 g/mol. The summed E-state index contributed by atoms with van der Waals surface area (Å²) >= 11 is 0. The highest BCUT2D eigenvalue weighted by Crippen LogP contribution is 2.41. The molecule has 138 valence electrons. The number of carbonyl (C=O) groups is 2. The molecule has 6 heteroatoms. The van der Waals surface area contributed by atoms with Gasteiger partial charge in [0.25, 0.3) is 5.91 Å². The Bertz CT molecular complexity index is 657. The number of ketones is 1. The van der Waals surface area contributed by atoms with Gasteiger partial charge in [0.05, 0.1) is 12.1 Å². The van der Waals surface area contributed by atoms with Crippen LogP contribution < -0.4 is 5.32 Å². The molecule has 1 aromatic carbocycles. The summed E-state index contributed by atoms with van der Waals surface area (Å²) in [7, 11) is 0. The minimum absolute atomic E-state index is 0.0162. The Balaban J connectivity index is 2.08. The molecule has 0 saturated heterocycles. The molecule has 1 aromatic rings. The molecular formula is C19H27NO5. The van der Waals surface area contributed by atoms with Crippen molar-refractivity contribution < 1.29 is 24.9 Å². The Morgan fingerprint density at radius 1 is 1.28 bits per heavy atom. The first-order valence-electron chi connectivity index (χ1n) is 8.71. The maximum atomic E-state index is 12.6. The van der Waals surface area contributed by atoms with Crippen molar-refractivity contribution in [2.75, 3.05) is 6.54 Å².